The first kappa shape index (κ1) is 15.8. The molecule has 1 saturated carbocycles. The van der Waals surface area contributed by atoms with Crippen LogP contribution in [0.25, 0.3) is 0 Å². The molecule has 0 aliphatic heterocycles. The summed E-state index contributed by atoms with van der Waals surface area (Å²) in [6, 6.07) is 4.97. The zero-order chi connectivity index (χ0) is 14.2. The predicted molar refractivity (Wildman–Crippen MR) is 88.2 cm³/mol. The standard InChI is InChI=1S/C17H28N2S/c1-3-5-14-6-7-16(19-10-4-2)17(13-14)20-15-8-11-18-12-9-15/h8-9,11-12,14,16-17,19H,3-7,10,13H2,1-2H3. The molecule has 1 fully saturated rings. The highest BCUT2D eigenvalue weighted by molar-refractivity contribution is 8.00. The number of nitrogens with one attached hydrogen (secondary N) is 1. The van der Waals surface area contributed by atoms with Gasteiger partial charge in [0.2, 0.25) is 0 Å². The van der Waals surface area contributed by atoms with Gasteiger partial charge in [0.1, 0.15) is 0 Å². The van der Waals surface area contributed by atoms with E-state index in [0.717, 1.165) is 12.5 Å². The van der Waals surface area contributed by atoms with Crippen LogP contribution in [0, 0.1) is 5.92 Å². The Bertz CT molecular complexity index is 369. The summed E-state index contributed by atoms with van der Waals surface area (Å²) in [4.78, 5) is 5.49. The van der Waals surface area contributed by atoms with Crippen LogP contribution in [0.15, 0.2) is 29.4 Å². The minimum Gasteiger partial charge on any atom is -0.313 e. The van der Waals surface area contributed by atoms with Crippen LogP contribution in [0.1, 0.15) is 52.4 Å². The lowest BCUT2D eigenvalue weighted by molar-refractivity contribution is 0.287. The van der Waals surface area contributed by atoms with E-state index >= 15 is 0 Å². The number of hydrogen-bond acceptors (Lipinski definition) is 3. The topological polar surface area (TPSA) is 24.9 Å². The Kier molecular flexibility index (Phi) is 6.88. The third kappa shape index (κ3) is 4.78. The maximum atomic E-state index is 4.12. The average molecular weight is 292 g/mol. The van der Waals surface area contributed by atoms with E-state index in [1.165, 1.54) is 43.4 Å². The minimum absolute atomic E-state index is 0.682. The molecule has 1 aromatic heterocycles. The number of nitrogens with zero attached hydrogens (tertiary/aromatic N) is 1. The molecule has 0 aromatic carbocycles. The zero-order valence-electron chi connectivity index (χ0n) is 12.8. The van der Waals surface area contributed by atoms with E-state index in [1.54, 1.807) is 0 Å². The summed E-state index contributed by atoms with van der Waals surface area (Å²) in [7, 11) is 0. The van der Waals surface area contributed by atoms with E-state index in [1.807, 2.05) is 12.4 Å². The Morgan fingerprint density at radius 3 is 2.70 bits per heavy atom. The molecular weight excluding hydrogens is 264 g/mol. The molecule has 0 spiro atoms. The van der Waals surface area contributed by atoms with Gasteiger partial charge in [-0.2, -0.15) is 0 Å². The first-order valence-corrected chi connectivity index (χ1v) is 9.01. The average Bonchev–Trinajstić information content (AvgIpc) is 2.48. The molecule has 0 bridgehead atoms. The summed E-state index contributed by atoms with van der Waals surface area (Å²) in [6.07, 6.45) is 11.9. The van der Waals surface area contributed by atoms with Crippen LogP contribution < -0.4 is 5.32 Å². The Hall–Kier alpha value is -0.540. The fourth-order valence-electron chi connectivity index (χ4n) is 3.17. The molecule has 0 saturated heterocycles. The third-order valence-corrected chi connectivity index (χ3v) is 5.56. The molecule has 3 heteroatoms. The highest BCUT2D eigenvalue weighted by Gasteiger charge is 2.30. The molecule has 1 aliphatic rings. The molecular formula is C17H28N2S. The van der Waals surface area contributed by atoms with Gasteiger partial charge in [0.05, 0.1) is 0 Å². The van der Waals surface area contributed by atoms with Gasteiger partial charge in [-0.05, 0) is 50.3 Å². The summed E-state index contributed by atoms with van der Waals surface area (Å²) in [6.45, 7) is 5.71. The lowest BCUT2D eigenvalue weighted by atomic mass is 9.83. The molecule has 1 heterocycles. The predicted octanol–water partition coefficient (Wildman–Crippen LogP) is 4.51. The smallest absolute Gasteiger partial charge is 0.0278 e. The fraction of sp³-hybridized carbons (Fsp3) is 0.706. The molecule has 3 unspecified atom stereocenters. The van der Waals surface area contributed by atoms with E-state index in [0.29, 0.717) is 11.3 Å². The molecule has 1 aromatic rings. The van der Waals surface area contributed by atoms with Crippen LogP contribution in [0.4, 0.5) is 0 Å². The molecule has 3 atom stereocenters. The molecule has 2 nitrogen and oxygen atoms in total. The van der Waals surface area contributed by atoms with Crippen molar-refractivity contribution < 1.29 is 0 Å². The maximum Gasteiger partial charge on any atom is 0.0278 e. The van der Waals surface area contributed by atoms with Crippen molar-refractivity contribution in [2.45, 2.75) is 68.6 Å². The first-order valence-electron chi connectivity index (χ1n) is 8.13. The summed E-state index contributed by atoms with van der Waals surface area (Å²) >= 11 is 2.05. The van der Waals surface area contributed by atoms with Gasteiger partial charge in [0.15, 0.2) is 0 Å². The number of hydrogen-bond donors (Lipinski definition) is 1. The fourth-order valence-corrected chi connectivity index (χ4v) is 4.56. The minimum atomic E-state index is 0.682. The molecule has 1 aliphatic carbocycles. The van der Waals surface area contributed by atoms with Crippen molar-refractivity contribution in [1.82, 2.24) is 10.3 Å². The molecule has 20 heavy (non-hydrogen) atoms. The summed E-state index contributed by atoms with van der Waals surface area (Å²) in [5.74, 6) is 0.930. The van der Waals surface area contributed by atoms with E-state index in [-0.39, 0.29) is 0 Å². The van der Waals surface area contributed by atoms with Gasteiger partial charge in [-0.25, -0.2) is 0 Å². The van der Waals surface area contributed by atoms with Gasteiger partial charge >= 0.3 is 0 Å². The number of thioether (sulfide) groups is 1. The van der Waals surface area contributed by atoms with Crippen molar-refractivity contribution in [2.75, 3.05) is 6.54 Å². The lowest BCUT2D eigenvalue weighted by Gasteiger charge is -2.36. The second-order valence-corrected chi connectivity index (χ2v) is 7.18. The maximum absolute atomic E-state index is 4.12. The van der Waals surface area contributed by atoms with Gasteiger partial charge in [0.25, 0.3) is 0 Å². The van der Waals surface area contributed by atoms with Crippen LogP contribution in [-0.4, -0.2) is 22.8 Å². The van der Waals surface area contributed by atoms with Crippen LogP contribution in [-0.2, 0) is 0 Å². The van der Waals surface area contributed by atoms with Crippen molar-refractivity contribution in [2.24, 2.45) is 5.92 Å². The van der Waals surface area contributed by atoms with Crippen molar-refractivity contribution >= 4 is 11.8 Å². The highest BCUT2D eigenvalue weighted by atomic mass is 32.2. The molecule has 112 valence electrons. The summed E-state index contributed by atoms with van der Waals surface area (Å²) in [5.41, 5.74) is 0. The van der Waals surface area contributed by atoms with E-state index in [9.17, 15) is 0 Å². The van der Waals surface area contributed by atoms with Crippen LogP contribution in [0.3, 0.4) is 0 Å². The Morgan fingerprint density at radius 2 is 2.00 bits per heavy atom. The molecule has 0 radical (unpaired) electrons. The second kappa shape index (κ2) is 8.68. The Morgan fingerprint density at radius 1 is 1.20 bits per heavy atom. The largest absolute Gasteiger partial charge is 0.313 e. The van der Waals surface area contributed by atoms with E-state index in [2.05, 4.69) is 48.0 Å². The van der Waals surface area contributed by atoms with E-state index < -0.39 is 0 Å². The zero-order valence-corrected chi connectivity index (χ0v) is 13.7. The van der Waals surface area contributed by atoms with Crippen molar-refractivity contribution in [3.05, 3.63) is 24.5 Å². The van der Waals surface area contributed by atoms with Crippen molar-refractivity contribution in [3.8, 4) is 0 Å². The molecule has 2 rings (SSSR count). The summed E-state index contributed by atoms with van der Waals surface area (Å²) < 4.78 is 0. The van der Waals surface area contributed by atoms with Gasteiger partial charge in [0, 0.05) is 28.6 Å². The van der Waals surface area contributed by atoms with Crippen LogP contribution >= 0.6 is 11.8 Å². The van der Waals surface area contributed by atoms with Crippen molar-refractivity contribution in [1.29, 1.82) is 0 Å². The Balaban J connectivity index is 1.97. The third-order valence-electron chi connectivity index (χ3n) is 4.19. The normalized spacial score (nSPS) is 26.6. The second-order valence-electron chi connectivity index (χ2n) is 5.87. The number of rotatable bonds is 7. The van der Waals surface area contributed by atoms with Crippen LogP contribution in [0.2, 0.25) is 0 Å². The summed E-state index contributed by atoms with van der Waals surface area (Å²) in [5, 5.41) is 4.48. The van der Waals surface area contributed by atoms with Gasteiger partial charge in [-0.15, -0.1) is 11.8 Å². The van der Waals surface area contributed by atoms with Gasteiger partial charge in [-0.1, -0.05) is 26.7 Å². The molecule has 0 amide bonds. The first-order chi connectivity index (χ1) is 9.83. The monoisotopic (exact) mass is 292 g/mol. The lowest BCUT2D eigenvalue weighted by Crippen LogP contribution is -2.42. The SMILES string of the molecule is CCCNC1CCC(CCC)CC1Sc1ccncc1. The van der Waals surface area contributed by atoms with Gasteiger partial charge < -0.3 is 5.32 Å². The van der Waals surface area contributed by atoms with Gasteiger partial charge in [-0.3, -0.25) is 4.98 Å². The van der Waals surface area contributed by atoms with Crippen LogP contribution in [0.5, 0.6) is 0 Å². The highest BCUT2D eigenvalue weighted by Crippen LogP contribution is 2.37. The van der Waals surface area contributed by atoms with Crippen molar-refractivity contribution in [3.63, 3.8) is 0 Å². The quantitative estimate of drug-likeness (QED) is 0.800. The van der Waals surface area contributed by atoms with E-state index in [4.69, 9.17) is 0 Å². The Labute approximate surface area is 128 Å². The molecule has 1 N–H and O–H groups in total. The number of aromatic nitrogens is 1. The number of pyridine rings is 1.